The van der Waals surface area contributed by atoms with Gasteiger partial charge in [-0.05, 0) is 31.4 Å². The van der Waals surface area contributed by atoms with Gasteiger partial charge in [0, 0.05) is 6.04 Å². The number of para-hydroxylation sites is 1. The van der Waals surface area contributed by atoms with Crippen molar-refractivity contribution >= 4 is 11.4 Å². The van der Waals surface area contributed by atoms with Gasteiger partial charge < -0.3 is 11.1 Å². The molecule has 0 unspecified atom stereocenters. The van der Waals surface area contributed by atoms with E-state index in [0.29, 0.717) is 17.3 Å². The molecule has 1 fully saturated rings. The Labute approximate surface area is 83.5 Å². The van der Waals surface area contributed by atoms with Crippen LogP contribution in [0.25, 0.3) is 0 Å². The first kappa shape index (κ1) is 8.89. The first-order valence-electron chi connectivity index (χ1n) is 4.86. The SMILES string of the molecule is N#Cc1cccc(NC2CCC2)c1N. The number of nitrogens with zero attached hydrogens (tertiary/aromatic N) is 1. The van der Waals surface area contributed by atoms with Crippen molar-refractivity contribution in [1.29, 1.82) is 5.26 Å². The number of nitrogens with two attached hydrogens (primary N) is 1. The van der Waals surface area contributed by atoms with E-state index in [4.69, 9.17) is 11.0 Å². The van der Waals surface area contributed by atoms with Crippen molar-refractivity contribution < 1.29 is 0 Å². The molecule has 1 aliphatic carbocycles. The van der Waals surface area contributed by atoms with Gasteiger partial charge in [-0.15, -0.1) is 0 Å². The van der Waals surface area contributed by atoms with Crippen LogP contribution < -0.4 is 11.1 Å². The second-order valence-electron chi connectivity index (χ2n) is 3.65. The summed E-state index contributed by atoms with van der Waals surface area (Å²) in [5, 5.41) is 12.1. The lowest BCUT2D eigenvalue weighted by Gasteiger charge is -2.28. The van der Waals surface area contributed by atoms with Gasteiger partial charge in [0.15, 0.2) is 0 Å². The fourth-order valence-electron chi connectivity index (χ4n) is 1.56. The van der Waals surface area contributed by atoms with Crippen LogP contribution in [0, 0.1) is 11.3 Å². The zero-order valence-corrected chi connectivity index (χ0v) is 7.96. The van der Waals surface area contributed by atoms with E-state index in [1.54, 1.807) is 6.07 Å². The monoisotopic (exact) mass is 187 g/mol. The minimum atomic E-state index is 0.547. The molecular formula is C11H13N3. The number of benzene rings is 1. The smallest absolute Gasteiger partial charge is 0.101 e. The number of rotatable bonds is 2. The summed E-state index contributed by atoms with van der Waals surface area (Å²) < 4.78 is 0. The fraction of sp³-hybridized carbons (Fsp3) is 0.364. The number of anilines is 2. The van der Waals surface area contributed by atoms with E-state index in [-0.39, 0.29) is 0 Å². The van der Waals surface area contributed by atoms with Gasteiger partial charge in [0.2, 0.25) is 0 Å². The van der Waals surface area contributed by atoms with Crippen LogP contribution in [0.4, 0.5) is 11.4 Å². The summed E-state index contributed by atoms with van der Waals surface area (Å²) in [4.78, 5) is 0. The van der Waals surface area contributed by atoms with Crippen LogP contribution in [0.3, 0.4) is 0 Å². The molecule has 3 heteroatoms. The zero-order chi connectivity index (χ0) is 9.97. The highest BCUT2D eigenvalue weighted by Crippen LogP contribution is 2.28. The molecule has 0 spiro atoms. The van der Waals surface area contributed by atoms with Gasteiger partial charge in [0.1, 0.15) is 6.07 Å². The molecule has 3 N–H and O–H groups in total. The molecule has 1 aliphatic rings. The summed E-state index contributed by atoms with van der Waals surface area (Å²) in [5.74, 6) is 0. The number of nitriles is 1. The molecule has 0 amide bonds. The van der Waals surface area contributed by atoms with E-state index in [9.17, 15) is 0 Å². The zero-order valence-electron chi connectivity index (χ0n) is 7.96. The van der Waals surface area contributed by atoms with Gasteiger partial charge in [0.05, 0.1) is 16.9 Å². The topological polar surface area (TPSA) is 61.8 Å². The lowest BCUT2D eigenvalue weighted by Crippen LogP contribution is -2.27. The molecule has 2 rings (SSSR count). The Morgan fingerprint density at radius 2 is 2.21 bits per heavy atom. The number of hydrogen-bond acceptors (Lipinski definition) is 3. The molecule has 3 nitrogen and oxygen atoms in total. The Bertz CT molecular complexity index is 375. The normalized spacial score (nSPS) is 15.6. The molecular weight excluding hydrogens is 174 g/mol. The molecule has 1 aromatic carbocycles. The van der Waals surface area contributed by atoms with Gasteiger partial charge >= 0.3 is 0 Å². The standard InChI is InChI=1S/C11H13N3/c12-7-8-3-1-6-10(11(8)13)14-9-4-2-5-9/h1,3,6,9,14H,2,4-5,13H2. The van der Waals surface area contributed by atoms with Crippen molar-refractivity contribution in [2.75, 3.05) is 11.1 Å². The van der Waals surface area contributed by atoms with Crippen LogP contribution in [0.1, 0.15) is 24.8 Å². The molecule has 14 heavy (non-hydrogen) atoms. The minimum absolute atomic E-state index is 0.547. The summed E-state index contributed by atoms with van der Waals surface area (Å²) in [6.07, 6.45) is 3.70. The molecule has 0 radical (unpaired) electrons. The van der Waals surface area contributed by atoms with Crippen molar-refractivity contribution in [3.8, 4) is 6.07 Å². The molecule has 72 valence electrons. The molecule has 1 saturated carbocycles. The van der Waals surface area contributed by atoms with Crippen LogP contribution in [0.15, 0.2) is 18.2 Å². The van der Waals surface area contributed by atoms with Gasteiger partial charge in [-0.25, -0.2) is 0 Å². The second kappa shape index (κ2) is 3.59. The summed E-state index contributed by atoms with van der Waals surface area (Å²) in [6.45, 7) is 0. The molecule has 1 aromatic rings. The predicted molar refractivity (Wildman–Crippen MR) is 56.8 cm³/mol. The first-order valence-corrected chi connectivity index (χ1v) is 4.86. The van der Waals surface area contributed by atoms with Crippen LogP contribution in [0.5, 0.6) is 0 Å². The summed E-state index contributed by atoms with van der Waals surface area (Å²) in [6, 6.07) is 8.15. The average molecular weight is 187 g/mol. The maximum atomic E-state index is 8.79. The van der Waals surface area contributed by atoms with Gasteiger partial charge in [-0.1, -0.05) is 6.07 Å². The second-order valence-corrected chi connectivity index (χ2v) is 3.65. The van der Waals surface area contributed by atoms with Crippen molar-refractivity contribution in [2.45, 2.75) is 25.3 Å². The quantitative estimate of drug-likeness (QED) is 0.697. The lowest BCUT2D eigenvalue weighted by atomic mass is 9.93. The van der Waals surface area contributed by atoms with Gasteiger partial charge in [-0.2, -0.15) is 5.26 Å². The molecule has 0 aliphatic heterocycles. The molecule has 0 aromatic heterocycles. The fourth-order valence-corrected chi connectivity index (χ4v) is 1.56. The summed E-state index contributed by atoms with van der Waals surface area (Å²) >= 11 is 0. The Morgan fingerprint density at radius 3 is 2.79 bits per heavy atom. The number of nitrogens with one attached hydrogen (secondary N) is 1. The maximum absolute atomic E-state index is 8.79. The lowest BCUT2D eigenvalue weighted by molar-refractivity contribution is 0.446. The molecule has 0 bridgehead atoms. The van der Waals surface area contributed by atoms with Crippen molar-refractivity contribution in [3.05, 3.63) is 23.8 Å². The Morgan fingerprint density at radius 1 is 1.43 bits per heavy atom. The highest BCUT2D eigenvalue weighted by atomic mass is 14.9. The van der Waals surface area contributed by atoms with E-state index in [0.717, 1.165) is 5.69 Å². The van der Waals surface area contributed by atoms with Crippen LogP contribution in [-0.4, -0.2) is 6.04 Å². The Kier molecular flexibility index (Phi) is 2.28. The highest BCUT2D eigenvalue weighted by molar-refractivity contribution is 5.73. The van der Waals surface area contributed by atoms with Crippen molar-refractivity contribution in [1.82, 2.24) is 0 Å². The molecule has 0 heterocycles. The van der Waals surface area contributed by atoms with Crippen molar-refractivity contribution in [3.63, 3.8) is 0 Å². The van der Waals surface area contributed by atoms with Gasteiger partial charge in [0.25, 0.3) is 0 Å². The third kappa shape index (κ3) is 1.51. The maximum Gasteiger partial charge on any atom is 0.101 e. The van der Waals surface area contributed by atoms with Gasteiger partial charge in [-0.3, -0.25) is 0 Å². The first-order chi connectivity index (χ1) is 6.81. The summed E-state index contributed by atoms with van der Waals surface area (Å²) in [7, 11) is 0. The third-order valence-corrected chi connectivity index (χ3v) is 2.69. The highest BCUT2D eigenvalue weighted by Gasteiger charge is 2.18. The van der Waals surface area contributed by atoms with E-state index in [1.807, 2.05) is 12.1 Å². The van der Waals surface area contributed by atoms with E-state index in [1.165, 1.54) is 19.3 Å². The van der Waals surface area contributed by atoms with E-state index < -0.39 is 0 Å². The average Bonchev–Trinajstić information content (AvgIpc) is 2.13. The minimum Gasteiger partial charge on any atom is -0.396 e. The number of hydrogen-bond donors (Lipinski definition) is 2. The van der Waals surface area contributed by atoms with Crippen LogP contribution >= 0.6 is 0 Å². The van der Waals surface area contributed by atoms with E-state index >= 15 is 0 Å². The Balaban J connectivity index is 2.20. The Hall–Kier alpha value is -1.69. The molecule has 0 saturated heterocycles. The van der Waals surface area contributed by atoms with Crippen LogP contribution in [-0.2, 0) is 0 Å². The predicted octanol–water partition coefficient (Wildman–Crippen LogP) is 2.10. The number of nitrogen functional groups attached to an aromatic ring is 1. The van der Waals surface area contributed by atoms with E-state index in [2.05, 4.69) is 11.4 Å². The largest absolute Gasteiger partial charge is 0.396 e. The summed E-state index contributed by atoms with van der Waals surface area (Å²) in [5.41, 5.74) is 7.85. The van der Waals surface area contributed by atoms with Crippen molar-refractivity contribution in [2.24, 2.45) is 0 Å². The molecule has 0 atom stereocenters. The van der Waals surface area contributed by atoms with Crippen LogP contribution in [0.2, 0.25) is 0 Å². The third-order valence-electron chi connectivity index (χ3n) is 2.69.